The maximum atomic E-state index is 11.0. The Hall–Kier alpha value is -1.89. The van der Waals surface area contributed by atoms with Crippen LogP contribution in [0.4, 0.5) is 4.79 Å². The Morgan fingerprint density at radius 1 is 1.38 bits per heavy atom. The minimum atomic E-state index is -0.839. The number of aromatic nitrogens is 3. The first-order valence-electron chi connectivity index (χ1n) is 6.75. The SMILES string of the molecule is O=C(O)N1CC[C@@H](Cn2cnnc2-c2ccc(Br)cc2)C1. The fourth-order valence-electron chi connectivity index (χ4n) is 2.64. The van der Waals surface area contributed by atoms with E-state index in [1.807, 2.05) is 28.8 Å². The molecule has 3 rings (SSSR count). The van der Waals surface area contributed by atoms with Crippen LogP contribution in [0.2, 0.25) is 0 Å². The molecule has 1 fully saturated rings. The van der Waals surface area contributed by atoms with Crippen molar-refractivity contribution in [3.63, 3.8) is 0 Å². The zero-order chi connectivity index (χ0) is 14.8. The molecule has 21 heavy (non-hydrogen) atoms. The molecule has 7 heteroatoms. The highest BCUT2D eigenvalue weighted by atomic mass is 79.9. The zero-order valence-corrected chi connectivity index (χ0v) is 12.9. The molecule has 2 aromatic rings. The van der Waals surface area contributed by atoms with Crippen molar-refractivity contribution in [2.24, 2.45) is 5.92 Å². The van der Waals surface area contributed by atoms with Gasteiger partial charge in [-0.2, -0.15) is 0 Å². The van der Waals surface area contributed by atoms with Gasteiger partial charge < -0.3 is 14.6 Å². The summed E-state index contributed by atoms with van der Waals surface area (Å²) >= 11 is 3.41. The zero-order valence-electron chi connectivity index (χ0n) is 11.3. The molecule has 110 valence electrons. The van der Waals surface area contributed by atoms with E-state index >= 15 is 0 Å². The van der Waals surface area contributed by atoms with Crippen LogP contribution >= 0.6 is 15.9 Å². The molecule has 1 aliphatic heterocycles. The first-order valence-corrected chi connectivity index (χ1v) is 7.54. The molecule has 0 unspecified atom stereocenters. The van der Waals surface area contributed by atoms with E-state index in [9.17, 15) is 4.79 Å². The van der Waals surface area contributed by atoms with Crippen molar-refractivity contribution < 1.29 is 9.90 Å². The summed E-state index contributed by atoms with van der Waals surface area (Å²) in [6.07, 6.45) is 1.75. The lowest BCUT2D eigenvalue weighted by molar-refractivity contribution is 0.153. The molecule has 1 aliphatic rings. The number of amides is 1. The first-order chi connectivity index (χ1) is 10.1. The number of carboxylic acid groups (broad SMARTS) is 1. The van der Waals surface area contributed by atoms with Crippen molar-refractivity contribution in [2.45, 2.75) is 13.0 Å². The second-order valence-corrected chi connectivity index (χ2v) is 6.11. The molecular formula is C14H15BrN4O2. The highest BCUT2D eigenvalue weighted by Crippen LogP contribution is 2.23. The van der Waals surface area contributed by atoms with Gasteiger partial charge in [-0.3, -0.25) is 0 Å². The summed E-state index contributed by atoms with van der Waals surface area (Å²) in [7, 11) is 0. The van der Waals surface area contributed by atoms with Gasteiger partial charge in [-0.05, 0) is 24.5 Å². The van der Waals surface area contributed by atoms with Crippen LogP contribution in [0.3, 0.4) is 0 Å². The van der Waals surface area contributed by atoms with Crippen molar-refractivity contribution >= 4 is 22.0 Å². The van der Waals surface area contributed by atoms with E-state index in [2.05, 4.69) is 26.1 Å². The molecule has 1 atom stereocenters. The van der Waals surface area contributed by atoms with Crippen molar-refractivity contribution in [2.75, 3.05) is 13.1 Å². The summed E-state index contributed by atoms with van der Waals surface area (Å²) in [6.45, 7) is 1.92. The molecule has 0 aliphatic carbocycles. The monoisotopic (exact) mass is 350 g/mol. The number of hydrogen-bond donors (Lipinski definition) is 1. The third-order valence-corrected chi connectivity index (χ3v) is 4.26. The van der Waals surface area contributed by atoms with Gasteiger partial charge in [0.1, 0.15) is 6.33 Å². The van der Waals surface area contributed by atoms with Gasteiger partial charge in [-0.15, -0.1) is 10.2 Å². The topological polar surface area (TPSA) is 71.2 Å². The van der Waals surface area contributed by atoms with E-state index in [4.69, 9.17) is 5.11 Å². The fourth-order valence-corrected chi connectivity index (χ4v) is 2.91. The number of nitrogens with zero attached hydrogens (tertiary/aromatic N) is 4. The van der Waals surface area contributed by atoms with Crippen LogP contribution in [0.25, 0.3) is 11.4 Å². The van der Waals surface area contributed by atoms with Gasteiger partial charge in [0.15, 0.2) is 5.82 Å². The van der Waals surface area contributed by atoms with Crippen molar-refractivity contribution in [3.8, 4) is 11.4 Å². The summed E-state index contributed by atoms with van der Waals surface area (Å²) in [4.78, 5) is 12.4. The largest absolute Gasteiger partial charge is 0.465 e. The van der Waals surface area contributed by atoms with E-state index < -0.39 is 6.09 Å². The van der Waals surface area contributed by atoms with Crippen LogP contribution in [0.1, 0.15) is 6.42 Å². The normalized spacial score (nSPS) is 18.1. The smallest absolute Gasteiger partial charge is 0.407 e. The molecule has 1 aromatic carbocycles. The Labute approximate surface area is 130 Å². The third-order valence-electron chi connectivity index (χ3n) is 3.73. The first kappa shape index (κ1) is 14.1. The Morgan fingerprint density at radius 2 is 2.14 bits per heavy atom. The van der Waals surface area contributed by atoms with Gasteiger partial charge in [0.05, 0.1) is 0 Å². The van der Waals surface area contributed by atoms with Crippen LogP contribution in [-0.4, -0.2) is 44.0 Å². The second kappa shape index (κ2) is 5.85. The van der Waals surface area contributed by atoms with E-state index in [-0.39, 0.29) is 0 Å². The molecule has 1 N–H and O–H groups in total. The molecule has 6 nitrogen and oxygen atoms in total. The van der Waals surface area contributed by atoms with E-state index in [1.54, 1.807) is 6.33 Å². The molecule has 0 saturated carbocycles. The van der Waals surface area contributed by atoms with Crippen molar-refractivity contribution in [1.82, 2.24) is 19.7 Å². The van der Waals surface area contributed by atoms with Crippen molar-refractivity contribution in [3.05, 3.63) is 35.1 Å². The maximum Gasteiger partial charge on any atom is 0.407 e. The predicted octanol–water partition coefficient (Wildman–Crippen LogP) is 2.71. The fraction of sp³-hybridized carbons (Fsp3) is 0.357. The number of benzene rings is 1. The van der Waals surface area contributed by atoms with Crippen LogP contribution in [0.15, 0.2) is 35.1 Å². The summed E-state index contributed by atoms with van der Waals surface area (Å²) in [5, 5.41) is 17.2. The Morgan fingerprint density at radius 3 is 2.81 bits per heavy atom. The van der Waals surface area contributed by atoms with Crippen LogP contribution < -0.4 is 0 Å². The van der Waals surface area contributed by atoms with Crippen LogP contribution in [-0.2, 0) is 6.54 Å². The Balaban J connectivity index is 1.74. The minimum absolute atomic E-state index is 0.311. The number of halogens is 1. The highest BCUT2D eigenvalue weighted by Gasteiger charge is 2.26. The highest BCUT2D eigenvalue weighted by molar-refractivity contribution is 9.10. The number of rotatable bonds is 3. The van der Waals surface area contributed by atoms with Gasteiger partial charge >= 0.3 is 6.09 Å². The average Bonchev–Trinajstić information content (AvgIpc) is 3.10. The lowest BCUT2D eigenvalue weighted by Gasteiger charge is -2.14. The molecule has 0 bridgehead atoms. The van der Waals surface area contributed by atoms with Gasteiger partial charge in [0.2, 0.25) is 0 Å². The van der Waals surface area contributed by atoms with Crippen LogP contribution in [0, 0.1) is 5.92 Å². The van der Waals surface area contributed by atoms with E-state index in [1.165, 1.54) is 4.90 Å². The van der Waals surface area contributed by atoms with Gasteiger partial charge in [0.25, 0.3) is 0 Å². The predicted molar refractivity (Wildman–Crippen MR) is 80.9 cm³/mol. The third kappa shape index (κ3) is 3.07. The van der Waals surface area contributed by atoms with Crippen LogP contribution in [0.5, 0.6) is 0 Å². The van der Waals surface area contributed by atoms with E-state index in [0.29, 0.717) is 19.0 Å². The average molecular weight is 351 g/mol. The molecule has 1 amide bonds. The van der Waals surface area contributed by atoms with Crippen molar-refractivity contribution in [1.29, 1.82) is 0 Å². The summed E-state index contributed by atoms with van der Waals surface area (Å²) < 4.78 is 3.02. The summed E-state index contributed by atoms with van der Waals surface area (Å²) in [5.74, 6) is 1.13. The van der Waals surface area contributed by atoms with Gasteiger partial charge in [-0.1, -0.05) is 28.1 Å². The molecule has 1 saturated heterocycles. The number of likely N-dealkylation sites (tertiary alicyclic amines) is 1. The second-order valence-electron chi connectivity index (χ2n) is 5.20. The van der Waals surface area contributed by atoms with Gasteiger partial charge in [0, 0.05) is 29.7 Å². The standard InChI is InChI=1S/C14H15BrN4O2/c15-12-3-1-11(2-4-12)13-17-16-9-19(13)8-10-5-6-18(7-10)14(20)21/h1-4,9-10H,5-8H2,(H,20,21)/t10-/m1/s1. The molecular weight excluding hydrogens is 336 g/mol. The maximum absolute atomic E-state index is 11.0. The Bertz CT molecular complexity index is 641. The molecule has 0 spiro atoms. The summed E-state index contributed by atoms with van der Waals surface area (Å²) in [5.41, 5.74) is 1.00. The number of carbonyl (C=O) groups is 1. The minimum Gasteiger partial charge on any atom is -0.465 e. The van der Waals surface area contributed by atoms with E-state index in [0.717, 1.165) is 28.8 Å². The lowest BCUT2D eigenvalue weighted by Crippen LogP contribution is -2.27. The number of hydrogen-bond acceptors (Lipinski definition) is 3. The lowest BCUT2D eigenvalue weighted by atomic mass is 10.1. The summed E-state index contributed by atoms with van der Waals surface area (Å²) in [6, 6.07) is 7.91. The Kier molecular flexibility index (Phi) is 3.92. The quantitative estimate of drug-likeness (QED) is 0.923. The molecule has 0 radical (unpaired) electrons. The molecule has 2 heterocycles. The van der Waals surface area contributed by atoms with Gasteiger partial charge in [-0.25, -0.2) is 4.79 Å². The molecule has 1 aromatic heterocycles.